The van der Waals surface area contributed by atoms with Crippen molar-refractivity contribution in [3.63, 3.8) is 0 Å². The minimum Gasteiger partial charge on any atom is -0.468 e. The Morgan fingerprint density at radius 2 is 1.92 bits per heavy atom. The Labute approximate surface area is 147 Å². The van der Waals surface area contributed by atoms with Gasteiger partial charge in [0.2, 0.25) is 0 Å². The summed E-state index contributed by atoms with van der Waals surface area (Å²) in [5.74, 6) is 1.28. The maximum absolute atomic E-state index is 6.23. The molecule has 124 valence electrons. The van der Waals surface area contributed by atoms with Gasteiger partial charge in [0.25, 0.3) is 0 Å². The average molecular weight is 341 g/mol. The van der Waals surface area contributed by atoms with E-state index in [0.717, 1.165) is 28.5 Å². The summed E-state index contributed by atoms with van der Waals surface area (Å²) in [5.41, 5.74) is 4.68. The topological polar surface area (TPSA) is 24.8 Å². The zero-order valence-electron chi connectivity index (χ0n) is 14.2. The summed E-state index contributed by atoms with van der Waals surface area (Å²) in [7, 11) is 0. The number of rotatable bonds is 2. The van der Waals surface area contributed by atoms with Crippen LogP contribution in [-0.4, -0.2) is 16.9 Å². The molecule has 0 bridgehead atoms. The highest BCUT2D eigenvalue weighted by Gasteiger charge is 2.41. The van der Waals surface area contributed by atoms with Crippen LogP contribution >= 0.6 is 11.6 Å². The zero-order valence-corrected chi connectivity index (χ0v) is 14.9. The first kappa shape index (κ1) is 15.5. The molecule has 24 heavy (non-hydrogen) atoms. The number of hydrogen-bond acceptors (Lipinski definition) is 3. The van der Waals surface area contributed by atoms with Gasteiger partial charge in [0.15, 0.2) is 6.23 Å². The Hall–Kier alpha value is -2.00. The Bertz CT molecular complexity index is 798. The lowest BCUT2D eigenvalue weighted by atomic mass is 9.95. The third-order valence-electron chi connectivity index (χ3n) is 4.74. The average Bonchev–Trinajstić information content (AvgIpc) is 3.00. The van der Waals surface area contributed by atoms with Crippen molar-refractivity contribution in [2.45, 2.75) is 39.5 Å². The summed E-state index contributed by atoms with van der Waals surface area (Å²) in [6.07, 6.45) is 0.829. The van der Waals surface area contributed by atoms with Gasteiger partial charge in [-0.3, -0.25) is 0 Å². The lowest BCUT2D eigenvalue weighted by molar-refractivity contribution is -0.0461. The minimum atomic E-state index is -0.0494. The van der Waals surface area contributed by atoms with Crippen LogP contribution in [0.4, 0.5) is 0 Å². The van der Waals surface area contributed by atoms with Crippen molar-refractivity contribution in [2.75, 3.05) is 0 Å². The van der Waals surface area contributed by atoms with E-state index >= 15 is 0 Å². The Balaban J connectivity index is 1.75. The molecule has 2 aromatic carbocycles. The van der Waals surface area contributed by atoms with Crippen LogP contribution in [-0.2, 0) is 0 Å². The lowest BCUT2D eigenvalue weighted by Gasteiger charge is -2.40. The van der Waals surface area contributed by atoms with Crippen molar-refractivity contribution in [1.29, 1.82) is 0 Å². The Morgan fingerprint density at radius 1 is 1.17 bits per heavy atom. The molecule has 0 radical (unpaired) electrons. The molecule has 0 saturated heterocycles. The van der Waals surface area contributed by atoms with E-state index in [1.54, 1.807) is 0 Å². The molecule has 2 aliphatic rings. The summed E-state index contributed by atoms with van der Waals surface area (Å²) < 4.78 is 6.23. The molecule has 0 spiro atoms. The molecule has 0 N–H and O–H groups in total. The number of benzene rings is 2. The standard InChI is InChI=1S/C20H21ClN2O/c1-12(2)20-23-18(16-10-15(21)8-9-19(16)24-20)11-17(22-23)14-6-4-13(3)5-7-14/h4-10,12,18,20H,11H2,1-3H3/t18-,20+/m1/s1. The van der Waals surface area contributed by atoms with Crippen LogP contribution in [0.25, 0.3) is 0 Å². The monoisotopic (exact) mass is 340 g/mol. The predicted octanol–water partition coefficient (Wildman–Crippen LogP) is 5.17. The molecule has 2 heterocycles. The highest BCUT2D eigenvalue weighted by molar-refractivity contribution is 6.30. The van der Waals surface area contributed by atoms with Crippen LogP contribution in [0.2, 0.25) is 5.02 Å². The van der Waals surface area contributed by atoms with Crippen molar-refractivity contribution in [3.8, 4) is 5.75 Å². The van der Waals surface area contributed by atoms with Gasteiger partial charge in [0.1, 0.15) is 5.75 Å². The van der Waals surface area contributed by atoms with Crippen molar-refractivity contribution < 1.29 is 4.74 Å². The van der Waals surface area contributed by atoms with Gasteiger partial charge in [-0.2, -0.15) is 5.10 Å². The van der Waals surface area contributed by atoms with Gasteiger partial charge in [-0.15, -0.1) is 0 Å². The fourth-order valence-corrected chi connectivity index (χ4v) is 3.63. The summed E-state index contributed by atoms with van der Waals surface area (Å²) >= 11 is 6.23. The highest BCUT2D eigenvalue weighted by atomic mass is 35.5. The summed E-state index contributed by atoms with van der Waals surface area (Å²) in [4.78, 5) is 0. The molecule has 0 aliphatic carbocycles. The first-order valence-corrected chi connectivity index (χ1v) is 8.79. The molecule has 0 aromatic heterocycles. The van der Waals surface area contributed by atoms with Gasteiger partial charge in [0.05, 0.1) is 11.8 Å². The highest BCUT2D eigenvalue weighted by Crippen LogP contribution is 2.45. The molecule has 0 amide bonds. The smallest absolute Gasteiger partial charge is 0.190 e. The van der Waals surface area contributed by atoms with Crippen molar-refractivity contribution in [2.24, 2.45) is 11.0 Å². The van der Waals surface area contributed by atoms with E-state index in [1.807, 2.05) is 18.2 Å². The second kappa shape index (κ2) is 5.82. The van der Waals surface area contributed by atoms with Gasteiger partial charge in [-0.25, -0.2) is 5.01 Å². The second-order valence-electron chi connectivity index (χ2n) is 6.95. The van der Waals surface area contributed by atoms with E-state index in [2.05, 4.69) is 50.0 Å². The van der Waals surface area contributed by atoms with Gasteiger partial charge in [0, 0.05) is 22.9 Å². The molecular formula is C20H21ClN2O. The SMILES string of the molecule is Cc1ccc(C2=NN3[C@H](C2)c2cc(Cl)ccc2O[C@H]3C(C)C)cc1. The molecule has 2 aromatic rings. The second-order valence-corrected chi connectivity index (χ2v) is 7.38. The van der Waals surface area contributed by atoms with Crippen LogP contribution in [0.15, 0.2) is 47.6 Å². The lowest BCUT2D eigenvalue weighted by Crippen LogP contribution is -2.43. The van der Waals surface area contributed by atoms with Gasteiger partial charge in [-0.1, -0.05) is 55.3 Å². The molecule has 4 rings (SSSR count). The van der Waals surface area contributed by atoms with Gasteiger partial charge in [-0.05, 0) is 30.7 Å². The number of ether oxygens (including phenoxy) is 1. The van der Waals surface area contributed by atoms with Gasteiger partial charge >= 0.3 is 0 Å². The molecule has 0 fully saturated rings. The Kier molecular flexibility index (Phi) is 3.76. The number of hydrazone groups is 1. The molecule has 0 saturated carbocycles. The fraction of sp³-hybridized carbons (Fsp3) is 0.350. The minimum absolute atomic E-state index is 0.0494. The number of halogens is 1. The van der Waals surface area contributed by atoms with Crippen LogP contribution in [0, 0.1) is 12.8 Å². The van der Waals surface area contributed by atoms with Gasteiger partial charge < -0.3 is 4.74 Å². The zero-order chi connectivity index (χ0) is 16.8. The maximum Gasteiger partial charge on any atom is 0.190 e. The normalized spacial score (nSPS) is 22.0. The third kappa shape index (κ3) is 2.57. The molecule has 4 heteroatoms. The van der Waals surface area contributed by atoms with Crippen LogP contribution in [0.3, 0.4) is 0 Å². The quantitative estimate of drug-likeness (QED) is 0.753. The summed E-state index contributed by atoms with van der Waals surface area (Å²) in [6.45, 7) is 6.44. The number of nitrogens with zero attached hydrogens (tertiary/aromatic N) is 2. The third-order valence-corrected chi connectivity index (χ3v) is 4.97. The van der Waals surface area contributed by atoms with E-state index in [0.29, 0.717) is 5.92 Å². The molecule has 0 unspecified atom stereocenters. The number of fused-ring (bicyclic) bond motifs is 3. The largest absolute Gasteiger partial charge is 0.468 e. The molecule has 2 aliphatic heterocycles. The summed E-state index contributed by atoms with van der Waals surface area (Å²) in [6, 6.07) is 14.6. The predicted molar refractivity (Wildman–Crippen MR) is 97.6 cm³/mol. The van der Waals surface area contributed by atoms with E-state index in [1.165, 1.54) is 11.1 Å². The van der Waals surface area contributed by atoms with E-state index in [4.69, 9.17) is 21.4 Å². The molecular weight excluding hydrogens is 320 g/mol. The van der Waals surface area contributed by atoms with Crippen molar-refractivity contribution >= 4 is 17.3 Å². The molecule has 2 atom stereocenters. The van der Waals surface area contributed by atoms with Crippen molar-refractivity contribution in [3.05, 3.63) is 64.2 Å². The van der Waals surface area contributed by atoms with Crippen LogP contribution in [0.5, 0.6) is 5.75 Å². The number of aryl methyl sites for hydroxylation is 1. The Morgan fingerprint density at radius 3 is 2.62 bits per heavy atom. The van der Waals surface area contributed by atoms with Crippen LogP contribution < -0.4 is 4.74 Å². The van der Waals surface area contributed by atoms with E-state index < -0.39 is 0 Å². The molecule has 3 nitrogen and oxygen atoms in total. The van der Waals surface area contributed by atoms with E-state index in [-0.39, 0.29) is 12.3 Å². The summed E-state index contributed by atoms with van der Waals surface area (Å²) in [5, 5.41) is 7.79. The van der Waals surface area contributed by atoms with Crippen molar-refractivity contribution in [1.82, 2.24) is 5.01 Å². The van der Waals surface area contributed by atoms with Crippen LogP contribution in [0.1, 0.15) is 43.0 Å². The number of hydrogen-bond donors (Lipinski definition) is 0. The maximum atomic E-state index is 6.23. The first-order chi connectivity index (χ1) is 11.5. The van der Waals surface area contributed by atoms with E-state index in [9.17, 15) is 0 Å². The first-order valence-electron chi connectivity index (χ1n) is 8.42. The fourth-order valence-electron chi connectivity index (χ4n) is 3.45.